The van der Waals surface area contributed by atoms with Crippen LogP contribution in [-0.2, 0) is 9.59 Å². The molecular weight excluding hydrogens is 199 g/mol. The average Bonchev–Trinajstić information content (AvgIpc) is 2.52. The second-order valence-corrected chi connectivity index (χ2v) is 3.33. The highest BCUT2D eigenvalue weighted by Gasteiger charge is 2.30. The highest BCUT2D eigenvalue weighted by molar-refractivity contribution is 6.19. The van der Waals surface area contributed by atoms with Gasteiger partial charge in [0.05, 0.1) is 11.4 Å². The van der Waals surface area contributed by atoms with Gasteiger partial charge in [-0.25, -0.2) is 4.39 Å². The third-order valence-corrected chi connectivity index (χ3v) is 2.29. The monoisotopic (exact) mass is 208 g/mol. The molecule has 5 heteroatoms. The topological polar surface area (TPSA) is 63.4 Å². The van der Waals surface area contributed by atoms with E-state index in [1.807, 2.05) is 0 Å². The van der Waals surface area contributed by atoms with Crippen LogP contribution < -0.4 is 10.6 Å². The maximum Gasteiger partial charge on any atom is 0.234 e. The zero-order valence-electron chi connectivity index (χ0n) is 7.87. The third kappa shape index (κ3) is 1.56. The molecule has 1 aliphatic heterocycles. The smallest absolute Gasteiger partial charge is 0.234 e. The number of nitrogens with two attached hydrogens (primary N) is 1. The number of anilines is 2. The van der Waals surface area contributed by atoms with Crippen LogP contribution in [0.15, 0.2) is 18.2 Å². The van der Waals surface area contributed by atoms with Crippen molar-refractivity contribution in [2.75, 3.05) is 10.6 Å². The van der Waals surface area contributed by atoms with Crippen LogP contribution in [0.1, 0.15) is 12.8 Å². The second-order valence-electron chi connectivity index (χ2n) is 3.33. The molecule has 0 atom stereocenters. The molecule has 2 amide bonds. The van der Waals surface area contributed by atoms with E-state index < -0.39 is 5.82 Å². The number of nitrogen functional groups attached to an aromatic ring is 1. The molecule has 1 fully saturated rings. The quantitative estimate of drug-likeness (QED) is 0.554. The Kier molecular flexibility index (Phi) is 2.15. The van der Waals surface area contributed by atoms with E-state index in [0.29, 0.717) is 0 Å². The van der Waals surface area contributed by atoms with Crippen molar-refractivity contribution in [2.45, 2.75) is 12.8 Å². The summed E-state index contributed by atoms with van der Waals surface area (Å²) in [6, 6.07) is 3.89. The first-order valence-electron chi connectivity index (χ1n) is 4.50. The molecule has 15 heavy (non-hydrogen) atoms. The first-order valence-corrected chi connectivity index (χ1v) is 4.50. The Balaban J connectivity index is 2.41. The number of imide groups is 1. The Morgan fingerprint density at radius 2 is 1.80 bits per heavy atom. The summed E-state index contributed by atoms with van der Waals surface area (Å²) in [6.45, 7) is 0. The average molecular weight is 208 g/mol. The zero-order chi connectivity index (χ0) is 11.0. The van der Waals surface area contributed by atoms with Crippen molar-refractivity contribution < 1.29 is 14.0 Å². The zero-order valence-corrected chi connectivity index (χ0v) is 7.87. The van der Waals surface area contributed by atoms with Gasteiger partial charge in [0.15, 0.2) is 0 Å². The number of halogens is 1. The van der Waals surface area contributed by atoms with Gasteiger partial charge < -0.3 is 5.73 Å². The fourth-order valence-corrected chi connectivity index (χ4v) is 1.52. The molecule has 0 unspecified atom stereocenters. The maximum absolute atomic E-state index is 13.1. The predicted molar refractivity (Wildman–Crippen MR) is 52.5 cm³/mol. The van der Waals surface area contributed by atoms with E-state index in [2.05, 4.69) is 0 Å². The van der Waals surface area contributed by atoms with Gasteiger partial charge in [-0.2, -0.15) is 0 Å². The number of carbonyl (C=O) groups excluding carboxylic acids is 2. The van der Waals surface area contributed by atoms with E-state index in [1.54, 1.807) is 0 Å². The number of amides is 2. The minimum atomic E-state index is -0.625. The standard InChI is InChI=1S/C10H9FN2O2/c11-7-5-6(1-2-8(7)12)13-9(14)3-4-10(13)15/h1-2,5H,3-4,12H2. The minimum Gasteiger partial charge on any atom is -0.396 e. The van der Waals surface area contributed by atoms with Crippen molar-refractivity contribution in [1.29, 1.82) is 0 Å². The lowest BCUT2D eigenvalue weighted by Gasteiger charge is -2.13. The van der Waals surface area contributed by atoms with E-state index >= 15 is 0 Å². The number of carbonyl (C=O) groups is 2. The molecule has 0 spiro atoms. The molecule has 2 rings (SSSR count). The van der Waals surface area contributed by atoms with Gasteiger partial charge in [-0.15, -0.1) is 0 Å². The second kappa shape index (κ2) is 3.34. The van der Waals surface area contributed by atoms with Gasteiger partial charge in [0, 0.05) is 18.9 Å². The molecule has 0 saturated carbocycles. The molecule has 0 radical (unpaired) electrons. The molecule has 0 aliphatic carbocycles. The summed E-state index contributed by atoms with van der Waals surface area (Å²) in [6.07, 6.45) is 0.371. The van der Waals surface area contributed by atoms with E-state index in [9.17, 15) is 14.0 Å². The van der Waals surface area contributed by atoms with Crippen molar-refractivity contribution in [2.24, 2.45) is 0 Å². The van der Waals surface area contributed by atoms with Crippen LogP contribution in [0.5, 0.6) is 0 Å². The largest absolute Gasteiger partial charge is 0.396 e. The Labute approximate surface area is 85.5 Å². The van der Waals surface area contributed by atoms with Crippen molar-refractivity contribution in [3.05, 3.63) is 24.0 Å². The van der Waals surface area contributed by atoms with Gasteiger partial charge in [-0.05, 0) is 12.1 Å². The van der Waals surface area contributed by atoms with Gasteiger partial charge in [0.25, 0.3) is 0 Å². The lowest BCUT2D eigenvalue weighted by atomic mass is 10.2. The van der Waals surface area contributed by atoms with Crippen molar-refractivity contribution >= 4 is 23.2 Å². The highest BCUT2D eigenvalue weighted by Crippen LogP contribution is 2.25. The maximum atomic E-state index is 13.1. The number of benzene rings is 1. The number of rotatable bonds is 1. The lowest BCUT2D eigenvalue weighted by Crippen LogP contribution is -2.28. The van der Waals surface area contributed by atoms with Crippen LogP contribution in [0.2, 0.25) is 0 Å². The number of hydrogen-bond acceptors (Lipinski definition) is 3. The van der Waals surface area contributed by atoms with Crippen molar-refractivity contribution in [3.8, 4) is 0 Å². The predicted octanol–water partition coefficient (Wildman–Crippen LogP) is 1.06. The van der Waals surface area contributed by atoms with Gasteiger partial charge in [0.1, 0.15) is 5.82 Å². The first kappa shape index (κ1) is 9.64. The molecule has 78 valence electrons. The summed E-state index contributed by atoms with van der Waals surface area (Å²) >= 11 is 0. The Morgan fingerprint density at radius 1 is 1.20 bits per heavy atom. The van der Waals surface area contributed by atoms with Crippen LogP contribution >= 0.6 is 0 Å². The van der Waals surface area contributed by atoms with E-state index in [4.69, 9.17) is 5.73 Å². The molecule has 2 N–H and O–H groups in total. The molecule has 1 aliphatic rings. The molecule has 1 heterocycles. The fourth-order valence-electron chi connectivity index (χ4n) is 1.52. The molecule has 1 aromatic carbocycles. The van der Waals surface area contributed by atoms with Gasteiger partial charge >= 0.3 is 0 Å². The lowest BCUT2D eigenvalue weighted by molar-refractivity contribution is -0.121. The van der Waals surface area contributed by atoms with E-state index in [-0.39, 0.29) is 36.0 Å². The third-order valence-electron chi connectivity index (χ3n) is 2.29. The molecule has 4 nitrogen and oxygen atoms in total. The van der Waals surface area contributed by atoms with Gasteiger partial charge in [-0.3, -0.25) is 14.5 Å². The van der Waals surface area contributed by atoms with Crippen molar-refractivity contribution in [1.82, 2.24) is 0 Å². The van der Waals surface area contributed by atoms with E-state index in [0.717, 1.165) is 11.0 Å². The van der Waals surface area contributed by atoms with Gasteiger partial charge in [-0.1, -0.05) is 0 Å². The Hall–Kier alpha value is -1.91. The van der Waals surface area contributed by atoms with Crippen LogP contribution in [0, 0.1) is 5.82 Å². The van der Waals surface area contributed by atoms with Crippen LogP contribution in [0.3, 0.4) is 0 Å². The molecule has 0 aromatic heterocycles. The van der Waals surface area contributed by atoms with E-state index in [1.165, 1.54) is 12.1 Å². The van der Waals surface area contributed by atoms with Gasteiger partial charge in [0.2, 0.25) is 11.8 Å². The molecule has 1 saturated heterocycles. The summed E-state index contributed by atoms with van der Waals surface area (Å²) in [5, 5.41) is 0. The number of nitrogens with zero attached hydrogens (tertiary/aromatic N) is 1. The summed E-state index contributed by atoms with van der Waals surface area (Å²) in [4.78, 5) is 23.7. The summed E-state index contributed by atoms with van der Waals surface area (Å²) in [5.74, 6) is -1.23. The van der Waals surface area contributed by atoms with Crippen molar-refractivity contribution in [3.63, 3.8) is 0 Å². The normalized spacial score (nSPS) is 16.2. The summed E-state index contributed by atoms with van der Waals surface area (Å²) < 4.78 is 13.1. The van der Waals surface area contributed by atoms with Crippen LogP contribution in [-0.4, -0.2) is 11.8 Å². The fraction of sp³-hybridized carbons (Fsp3) is 0.200. The molecular formula is C10H9FN2O2. The van der Waals surface area contributed by atoms with Crippen LogP contribution in [0.4, 0.5) is 15.8 Å². The Morgan fingerprint density at radius 3 is 2.33 bits per heavy atom. The number of hydrogen-bond donors (Lipinski definition) is 1. The first-order chi connectivity index (χ1) is 7.09. The SMILES string of the molecule is Nc1ccc(N2C(=O)CCC2=O)cc1F. The summed E-state index contributed by atoms with van der Waals surface area (Å²) in [7, 11) is 0. The van der Waals surface area contributed by atoms with Crippen LogP contribution in [0.25, 0.3) is 0 Å². The summed E-state index contributed by atoms with van der Waals surface area (Å²) in [5.41, 5.74) is 5.54. The molecule has 1 aromatic rings. The highest BCUT2D eigenvalue weighted by atomic mass is 19.1. The Bertz CT molecular complexity index is 429. The molecule has 0 bridgehead atoms. The minimum absolute atomic E-state index is 0.00200.